The molecular weight excluding hydrogens is 338 g/mol. The van der Waals surface area contributed by atoms with E-state index in [9.17, 15) is 9.59 Å². The van der Waals surface area contributed by atoms with Crippen LogP contribution in [-0.4, -0.2) is 31.5 Å². The van der Waals surface area contributed by atoms with E-state index >= 15 is 0 Å². The minimum atomic E-state index is -0.0797. The molecule has 1 saturated carbocycles. The summed E-state index contributed by atoms with van der Waals surface area (Å²) in [7, 11) is 0. The lowest BCUT2D eigenvalue weighted by Crippen LogP contribution is -2.12. The van der Waals surface area contributed by atoms with E-state index in [1.165, 1.54) is 11.3 Å². The van der Waals surface area contributed by atoms with Crippen LogP contribution in [0.5, 0.6) is 0 Å². The highest BCUT2D eigenvalue weighted by Gasteiger charge is 2.30. The van der Waals surface area contributed by atoms with Crippen LogP contribution < -0.4 is 5.32 Å². The van der Waals surface area contributed by atoms with E-state index in [4.69, 9.17) is 0 Å². The maximum absolute atomic E-state index is 12.1. The van der Waals surface area contributed by atoms with Gasteiger partial charge >= 0.3 is 0 Å². The van der Waals surface area contributed by atoms with E-state index < -0.39 is 0 Å². The van der Waals surface area contributed by atoms with Gasteiger partial charge in [-0.3, -0.25) is 9.59 Å². The minimum absolute atomic E-state index is 0.0797. The Morgan fingerprint density at radius 1 is 1.24 bits per heavy atom. The number of anilines is 1. The summed E-state index contributed by atoms with van der Waals surface area (Å²) in [5, 5.41) is 16.1. The molecule has 0 unspecified atom stereocenters. The first-order valence-electron chi connectivity index (χ1n) is 8.22. The van der Waals surface area contributed by atoms with Gasteiger partial charge in [0.2, 0.25) is 10.9 Å². The van der Waals surface area contributed by atoms with Gasteiger partial charge in [-0.1, -0.05) is 11.3 Å². The summed E-state index contributed by atoms with van der Waals surface area (Å²) in [5.41, 5.74) is 1.42. The van der Waals surface area contributed by atoms with Crippen molar-refractivity contribution in [2.75, 3.05) is 5.32 Å². The molecule has 8 heteroatoms. The fourth-order valence-electron chi connectivity index (χ4n) is 2.60. The van der Waals surface area contributed by atoms with Crippen LogP contribution in [0.15, 0.2) is 24.3 Å². The average Bonchev–Trinajstić information content (AvgIpc) is 3.29. The number of ketones is 1. The molecule has 7 nitrogen and oxygen atoms in total. The molecule has 1 aromatic carbocycles. The molecule has 1 fully saturated rings. The Hall–Kier alpha value is -2.61. The van der Waals surface area contributed by atoms with Crippen molar-refractivity contribution in [1.29, 1.82) is 0 Å². The van der Waals surface area contributed by atoms with Gasteiger partial charge in [0, 0.05) is 30.0 Å². The van der Waals surface area contributed by atoms with Crippen molar-refractivity contribution in [2.45, 2.75) is 32.6 Å². The molecular formula is C17H17N5O2S. The van der Waals surface area contributed by atoms with Crippen molar-refractivity contribution in [3.05, 3.63) is 40.7 Å². The fraction of sp³-hybridized carbons (Fsp3) is 0.353. The first-order valence-corrected chi connectivity index (χ1v) is 9.03. The van der Waals surface area contributed by atoms with Crippen molar-refractivity contribution < 1.29 is 9.59 Å². The number of nitrogens with one attached hydrogen (secondary N) is 1. The molecule has 1 aliphatic rings. The highest BCUT2D eigenvalue weighted by molar-refractivity contribution is 7.16. The Bertz CT molecular complexity index is 940. The topological polar surface area (TPSA) is 89.2 Å². The Kier molecular flexibility index (Phi) is 4.04. The Balaban J connectivity index is 1.32. The molecule has 0 radical (unpaired) electrons. The van der Waals surface area contributed by atoms with Crippen LogP contribution in [0.3, 0.4) is 0 Å². The number of carbonyl (C=O) groups is 2. The summed E-state index contributed by atoms with van der Waals surface area (Å²) < 4.78 is 1.69. The number of carbonyl (C=O) groups excluding carboxylic acids is 2. The maximum atomic E-state index is 12.1. The number of aromatic nitrogens is 4. The first kappa shape index (κ1) is 15.9. The van der Waals surface area contributed by atoms with Crippen molar-refractivity contribution in [2.24, 2.45) is 5.92 Å². The molecule has 128 valence electrons. The predicted molar refractivity (Wildman–Crippen MR) is 93.8 cm³/mol. The van der Waals surface area contributed by atoms with Gasteiger partial charge in [-0.25, -0.2) is 0 Å². The molecule has 1 N–H and O–H groups in total. The normalized spacial score (nSPS) is 14.0. The van der Waals surface area contributed by atoms with E-state index in [-0.39, 0.29) is 17.6 Å². The van der Waals surface area contributed by atoms with Crippen LogP contribution in [0.4, 0.5) is 5.69 Å². The lowest BCUT2D eigenvalue weighted by Gasteiger charge is -2.05. The van der Waals surface area contributed by atoms with E-state index in [0.717, 1.165) is 34.2 Å². The van der Waals surface area contributed by atoms with Gasteiger partial charge in [-0.05, 0) is 44.0 Å². The van der Waals surface area contributed by atoms with Gasteiger partial charge < -0.3 is 5.32 Å². The number of aryl methyl sites for hydroxylation is 2. The zero-order chi connectivity index (χ0) is 17.4. The van der Waals surface area contributed by atoms with Crippen LogP contribution in [0.2, 0.25) is 0 Å². The fourth-order valence-corrected chi connectivity index (χ4v) is 3.48. The van der Waals surface area contributed by atoms with Gasteiger partial charge in [0.15, 0.2) is 11.6 Å². The molecule has 0 spiro atoms. The Morgan fingerprint density at radius 2 is 2.00 bits per heavy atom. The quantitative estimate of drug-likeness (QED) is 0.687. The van der Waals surface area contributed by atoms with E-state index in [0.29, 0.717) is 18.5 Å². The maximum Gasteiger partial charge on any atom is 0.234 e. The van der Waals surface area contributed by atoms with Crippen molar-refractivity contribution >= 4 is 33.7 Å². The number of rotatable bonds is 6. The van der Waals surface area contributed by atoms with Gasteiger partial charge in [0.05, 0.1) is 0 Å². The largest absolute Gasteiger partial charge is 0.326 e. The van der Waals surface area contributed by atoms with Crippen LogP contribution in [0.25, 0.3) is 4.96 Å². The number of hydrogen-bond donors (Lipinski definition) is 1. The lowest BCUT2D eigenvalue weighted by atomic mass is 10.1. The molecule has 0 bridgehead atoms. The van der Waals surface area contributed by atoms with Crippen LogP contribution in [0.1, 0.15) is 40.5 Å². The predicted octanol–water partition coefficient (Wildman–Crippen LogP) is 2.66. The van der Waals surface area contributed by atoms with Crippen molar-refractivity contribution in [3.63, 3.8) is 0 Å². The molecule has 2 aromatic heterocycles. The van der Waals surface area contributed by atoms with Gasteiger partial charge in [-0.15, -0.1) is 10.2 Å². The number of amides is 1. The number of hydrogen-bond acceptors (Lipinski definition) is 6. The van der Waals surface area contributed by atoms with Gasteiger partial charge in [-0.2, -0.15) is 9.61 Å². The zero-order valence-electron chi connectivity index (χ0n) is 13.7. The smallest absolute Gasteiger partial charge is 0.234 e. The summed E-state index contributed by atoms with van der Waals surface area (Å²) in [4.78, 5) is 24.8. The molecule has 0 atom stereocenters. The van der Waals surface area contributed by atoms with Crippen molar-refractivity contribution in [3.8, 4) is 0 Å². The standard InChI is InChI=1S/C17H17N5O2S/c1-10-19-20-17-22(10)21-15(25-17)9-8-14(23)18-13-6-4-12(5-7-13)16(24)11-2-3-11/h4-7,11H,2-3,8-9H2,1H3,(H,18,23). The number of benzene rings is 1. The van der Waals surface area contributed by atoms with Crippen LogP contribution in [0, 0.1) is 12.8 Å². The molecule has 25 heavy (non-hydrogen) atoms. The number of Topliss-reactive ketones (excluding diaryl/α,β-unsaturated/α-hetero) is 1. The third-order valence-electron chi connectivity index (χ3n) is 4.16. The first-order chi connectivity index (χ1) is 12.1. The molecule has 0 aliphatic heterocycles. The molecule has 2 heterocycles. The second-order valence-electron chi connectivity index (χ2n) is 6.20. The Morgan fingerprint density at radius 3 is 2.68 bits per heavy atom. The van der Waals surface area contributed by atoms with Crippen molar-refractivity contribution in [1.82, 2.24) is 19.8 Å². The average molecular weight is 355 g/mol. The monoisotopic (exact) mass is 355 g/mol. The summed E-state index contributed by atoms with van der Waals surface area (Å²) in [5.74, 6) is 1.07. The van der Waals surface area contributed by atoms with Gasteiger partial charge in [0.1, 0.15) is 5.01 Å². The third kappa shape index (κ3) is 3.43. The molecule has 0 saturated heterocycles. The van der Waals surface area contributed by atoms with E-state index in [1.54, 1.807) is 28.8 Å². The molecule has 1 amide bonds. The summed E-state index contributed by atoms with van der Waals surface area (Å²) in [6.45, 7) is 1.84. The number of nitrogens with zero attached hydrogens (tertiary/aromatic N) is 4. The summed E-state index contributed by atoms with van der Waals surface area (Å²) in [6, 6.07) is 7.11. The lowest BCUT2D eigenvalue weighted by molar-refractivity contribution is -0.116. The summed E-state index contributed by atoms with van der Waals surface area (Å²) >= 11 is 1.44. The highest BCUT2D eigenvalue weighted by Crippen LogP contribution is 2.32. The molecule has 3 aromatic rings. The number of fused-ring (bicyclic) bond motifs is 1. The van der Waals surface area contributed by atoms with E-state index in [2.05, 4.69) is 20.6 Å². The molecule has 4 rings (SSSR count). The van der Waals surface area contributed by atoms with Crippen LogP contribution in [-0.2, 0) is 11.2 Å². The SMILES string of the molecule is Cc1nnc2sc(CCC(=O)Nc3ccc(C(=O)C4CC4)cc3)nn12. The molecule has 1 aliphatic carbocycles. The minimum Gasteiger partial charge on any atom is -0.326 e. The van der Waals surface area contributed by atoms with Gasteiger partial charge in [0.25, 0.3) is 0 Å². The van der Waals surface area contributed by atoms with E-state index in [1.807, 2.05) is 6.92 Å². The summed E-state index contributed by atoms with van der Waals surface area (Å²) in [6.07, 6.45) is 2.88. The van der Waals surface area contributed by atoms with Crippen LogP contribution >= 0.6 is 11.3 Å². The third-order valence-corrected chi connectivity index (χ3v) is 5.11. The zero-order valence-corrected chi connectivity index (χ0v) is 14.5. The second kappa shape index (κ2) is 6.36. The highest BCUT2D eigenvalue weighted by atomic mass is 32.1. The Labute approximate surface area is 148 Å². The second-order valence-corrected chi connectivity index (χ2v) is 7.24.